The van der Waals surface area contributed by atoms with Crippen molar-refractivity contribution in [2.24, 2.45) is 0 Å². The Morgan fingerprint density at radius 2 is 1.74 bits per heavy atom. The molecule has 140 valence electrons. The second-order valence-corrected chi connectivity index (χ2v) is 6.98. The Bertz CT molecular complexity index is 931. The molecule has 0 saturated heterocycles. The first-order valence-corrected chi connectivity index (χ1v) is 8.51. The molecule has 27 heavy (non-hydrogen) atoms. The topological polar surface area (TPSA) is 105 Å². The molecule has 0 amide bonds. The van der Waals surface area contributed by atoms with Gasteiger partial charge in [0.1, 0.15) is 11.2 Å². The predicted octanol–water partition coefficient (Wildman–Crippen LogP) is 3.95. The van der Waals surface area contributed by atoms with E-state index < -0.39 is 11.6 Å². The normalized spacial score (nSPS) is 11.1. The van der Waals surface area contributed by atoms with Crippen molar-refractivity contribution in [2.45, 2.75) is 33.3 Å². The summed E-state index contributed by atoms with van der Waals surface area (Å²) in [6.45, 7) is 7.21. The van der Waals surface area contributed by atoms with E-state index in [4.69, 9.17) is 4.74 Å². The third kappa shape index (κ3) is 4.81. The van der Waals surface area contributed by atoms with E-state index in [0.29, 0.717) is 28.7 Å². The number of carbonyl (C=O) groups excluding carboxylic acids is 1. The number of ether oxygens (including phenoxy) is 1. The van der Waals surface area contributed by atoms with Crippen LogP contribution in [0.2, 0.25) is 0 Å². The Kier molecular flexibility index (Phi) is 5.07. The fourth-order valence-electron chi connectivity index (χ4n) is 2.38. The van der Waals surface area contributed by atoms with Crippen molar-refractivity contribution in [2.75, 3.05) is 10.6 Å². The molecule has 2 heterocycles. The van der Waals surface area contributed by atoms with E-state index in [-0.39, 0.29) is 0 Å². The average molecular weight is 366 g/mol. The molecule has 0 radical (unpaired) electrons. The number of aromatic nitrogens is 4. The van der Waals surface area contributed by atoms with E-state index in [9.17, 15) is 4.79 Å². The van der Waals surface area contributed by atoms with Crippen molar-refractivity contribution in [1.82, 2.24) is 20.2 Å². The van der Waals surface area contributed by atoms with Gasteiger partial charge in [-0.1, -0.05) is 18.2 Å². The minimum atomic E-state index is -0.600. The Balaban J connectivity index is 1.80. The molecule has 3 N–H and O–H groups in total. The summed E-state index contributed by atoms with van der Waals surface area (Å²) in [7, 11) is 0. The molecule has 8 nitrogen and oxygen atoms in total. The van der Waals surface area contributed by atoms with Gasteiger partial charge in [0.05, 0.1) is 12.4 Å². The van der Waals surface area contributed by atoms with Crippen molar-refractivity contribution >= 4 is 29.1 Å². The van der Waals surface area contributed by atoms with E-state index in [1.807, 2.05) is 51.1 Å². The summed E-state index contributed by atoms with van der Waals surface area (Å²) < 4.78 is 5.46. The number of hydrogen-bond acceptors (Lipinski definition) is 7. The minimum Gasteiger partial charge on any atom is -0.456 e. The van der Waals surface area contributed by atoms with Crippen LogP contribution >= 0.6 is 0 Å². The first-order valence-electron chi connectivity index (χ1n) is 8.51. The van der Waals surface area contributed by atoms with Crippen LogP contribution in [-0.2, 0) is 4.74 Å². The van der Waals surface area contributed by atoms with Crippen molar-refractivity contribution in [3.8, 4) is 0 Å². The highest BCUT2D eigenvalue weighted by Gasteiger charge is 2.24. The van der Waals surface area contributed by atoms with Gasteiger partial charge < -0.3 is 15.4 Å². The molecule has 3 rings (SSSR count). The van der Waals surface area contributed by atoms with Crippen LogP contribution in [0.5, 0.6) is 0 Å². The standard InChI is InChI=1S/C19H22N6O2/c1-12-16(18(26)27-19(2,3)4)17(25-24-12)23-15-11-20-10-14(22-15)21-13-8-6-5-7-9-13/h5-11H,1-4H3,(H3,21,22,23,24,25). The lowest BCUT2D eigenvalue weighted by atomic mass is 10.2. The predicted molar refractivity (Wildman–Crippen MR) is 104 cm³/mol. The molecule has 0 bridgehead atoms. The van der Waals surface area contributed by atoms with Crippen molar-refractivity contribution in [3.05, 3.63) is 54.0 Å². The van der Waals surface area contributed by atoms with Gasteiger partial charge in [0.2, 0.25) is 0 Å². The number of rotatable bonds is 5. The number of benzene rings is 1. The second kappa shape index (κ2) is 7.45. The molecule has 0 fully saturated rings. The van der Waals surface area contributed by atoms with Crippen LogP contribution in [-0.4, -0.2) is 31.7 Å². The van der Waals surface area contributed by atoms with Crippen molar-refractivity contribution < 1.29 is 9.53 Å². The number of anilines is 4. The molecule has 0 unspecified atom stereocenters. The maximum Gasteiger partial charge on any atom is 0.344 e. The molecule has 8 heteroatoms. The Morgan fingerprint density at radius 3 is 2.41 bits per heavy atom. The van der Waals surface area contributed by atoms with Gasteiger partial charge in [0, 0.05) is 11.4 Å². The molecular weight excluding hydrogens is 344 g/mol. The summed E-state index contributed by atoms with van der Waals surface area (Å²) in [5, 5.41) is 13.2. The number of aromatic amines is 1. The maximum absolute atomic E-state index is 12.5. The van der Waals surface area contributed by atoms with Gasteiger partial charge >= 0.3 is 5.97 Å². The number of carbonyl (C=O) groups is 1. The fraction of sp³-hybridized carbons (Fsp3) is 0.263. The van der Waals surface area contributed by atoms with E-state index in [1.54, 1.807) is 19.3 Å². The van der Waals surface area contributed by atoms with Gasteiger partial charge in [0.25, 0.3) is 0 Å². The van der Waals surface area contributed by atoms with Crippen LogP contribution in [0.15, 0.2) is 42.7 Å². The Hall–Kier alpha value is -3.42. The molecule has 0 saturated carbocycles. The van der Waals surface area contributed by atoms with Crippen molar-refractivity contribution in [3.63, 3.8) is 0 Å². The highest BCUT2D eigenvalue weighted by molar-refractivity contribution is 5.96. The van der Waals surface area contributed by atoms with Crippen LogP contribution in [0.1, 0.15) is 36.8 Å². The number of para-hydroxylation sites is 1. The number of esters is 1. The van der Waals surface area contributed by atoms with Crippen LogP contribution < -0.4 is 10.6 Å². The van der Waals surface area contributed by atoms with Gasteiger partial charge in [-0.05, 0) is 39.8 Å². The molecule has 0 aliphatic carbocycles. The van der Waals surface area contributed by atoms with E-state index in [2.05, 4.69) is 30.8 Å². The van der Waals surface area contributed by atoms with Gasteiger partial charge in [-0.2, -0.15) is 5.10 Å². The molecule has 0 aliphatic heterocycles. The summed E-state index contributed by atoms with van der Waals surface area (Å²) in [5.41, 5.74) is 1.25. The zero-order chi connectivity index (χ0) is 19.4. The Morgan fingerprint density at radius 1 is 1.07 bits per heavy atom. The van der Waals surface area contributed by atoms with Gasteiger partial charge in [-0.15, -0.1) is 0 Å². The highest BCUT2D eigenvalue weighted by Crippen LogP contribution is 2.24. The van der Waals surface area contributed by atoms with Gasteiger partial charge in [-0.3, -0.25) is 10.1 Å². The molecule has 0 spiro atoms. The number of nitrogens with zero attached hydrogens (tertiary/aromatic N) is 3. The molecule has 1 aromatic carbocycles. The number of aryl methyl sites for hydroxylation is 1. The minimum absolute atomic E-state index is 0.341. The Labute approximate surface area is 157 Å². The first-order chi connectivity index (χ1) is 12.8. The second-order valence-electron chi connectivity index (χ2n) is 6.98. The zero-order valence-electron chi connectivity index (χ0n) is 15.7. The average Bonchev–Trinajstić information content (AvgIpc) is 2.95. The molecular formula is C19H22N6O2. The van der Waals surface area contributed by atoms with Crippen molar-refractivity contribution in [1.29, 1.82) is 0 Å². The lowest BCUT2D eigenvalue weighted by molar-refractivity contribution is 0.00700. The molecule has 0 atom stereocenters. The maximum atomic E-state index is 12.5. The SMILES string of the molecule is Cc1[nH]nc(Nc2cncc(Nc3ccccc3)n2)c1C(=O)OC(C)(C)C. The van der Waals surface area contributed by atoms with E-state index >= 15 is 0 Å². The van der Waals surface area contributed by atoms with Gasteiger partial charge in [-0.25, -0.2) is 9.78 Å². The molecule has 3 aromatic rings. The van der Waals surface area contributed by atoms with Gasteiger partial charge in [0.15, 0.2) is 17.5 Å². The fourth-order valence-corrected chi connectivity index (χ4v) is 2.38. The smallest absolute Gasteiger partial charge is 0.344 e. The first kappa shape index (κ1) is 18.4. The summed E-state index contributed by atoms with van der Waals surface area (Å²) in [5.74, 6) is 0.903. The summed E-state index contributed by atoms with van der Waals surface area (Å²) in [6.07, 6.45) is 3.17. The lowest BCUT2D eigenvalue weighted by Gasteiger charge is -2.19. The third-order valence-corrected chi connectivity index (χ3v) is 3.48. The van der Waals surface area contributed by atoms with E-state index in [0.717, 1.165) is 5.69 Å². The molecule has 0 aliphatic rings. The monoisotopic (exact) mass is 366 g/mol. The molecule has 2 aromatic heterocycles. The van der Waals surface area contributed by atoms with Crippen LogP contribution in [0.4, 0.5) is 23.1 Å². The summed E-state index contributed by atoms with van der Waals surface area (Å²) in [4.78, 5) is 21.1. The third-order valence-electron chi connectivity index (χ3n) is 3.48. The largest absolute Gasteiger partial charge is 0.456 e. The van der Waals surface area contributed by atoms with Crippen LogP contribution in [0.25, 0.3) is 0 Å². The summed E-state index contributed by atoms with van der Waals surface area (Å²) >= 11 is 0. The highest BCUT2D eigenvalue weighted by atomic mass is 16.6. The number of nitrogens with one attached hydrogen (secondary N) is 3. The number of hydrogen-bond donors (Lipinski definition) is 3. The van der Waals surface area contributed by atoms with E-state index in [1.165, 1.54) is 0 Å². The van der Waals surface area contributed by atoms with Crippen LogP contribution in [0, 0.1) is 6.92 Å². The van der Waals surface area contributed by atoms with Crippen LogP contribution in [0.3, 0.4) is 0 Å². The summed E-state index contributed by atoms with van der Waals surface area (Å²) in [6, 6.07) is 9.65. The zero-order valence-corrected chi connectivity index (χ0v) is 15.7. The number of H-pyrrole nitrogens is 1. The lowest BCUT2D eigenvalue weighted by Crippen LogP contribution is -2.24. The quantitative estimate of drug-likeness (QED) is 0.587.